The zero-order valence-corrected chi connectivity index (χ0v) is 14.2. The fraction of sp³-hybridized carbons (Fsp3) is 0.529. The average Bonchev–Trinajstić information content (AvgIpc) is 3.09. The van der Waals surface area contributed by atoms with Crippen molar-refractivity contribution in [3.05, 3.63) is 35.5 Å². The fourth-order valence-corrected chi connectivity index (χ4v) is 2.69. The van der Waals surface area contributed by atoms with Crippen molar-refractivity contribution >= 4 is 11.9 Å². The summed E-state index contributed by atoms with van der Waals surface area (Å²) < 4.78 is 5.15. The van der Waals surface area contributed by atoms with Gasteiger partial charge in [0.15, 0.2) is 5.76 Å². The smallest absolute Gasteiger partial charge is 0.254 e. The van der Waals surface area contributed by atoms with Crippen molar-refractivity contribution in [3.63, 3.8) is 0 Å². The predicted octanol–water partition coefficient (Wildman–Crippen LogP) is 2.19. The Morgan fingerprint density at radius 2 is 2.04 bits per heavy atom. The molecule has 0 atom stereocenters. The van der Waals surface area contributed by atoms with E-state index in [0.29, 0.717) is 23.8 Å². The Morgan fingerprint density at radius 3 is 2.67 bits per heavy atom. The number of aromatic nitrogens is 3. The number of carbonyl (C=O) groups excluding carboxylic acids is 1. The molecule has 0 aliphatic carbocycles. The summed E-state index contributed by atoms with van der Waals surface area (Å²) in [5, 5.41) is 6.69. The summed E-state index contributed by atoms with van der Waals surface area (Å²) in [6.45, 7) is 6.51. The van der Waals surface area contributed by atoms with E-state index in [1.165, 1.54) is 0 Å². The molecule has 7 nitrogen and oxygen atoms in total. The van der Waals surface area contributed by atoms with Gasteiger partial charge in [0.25, 0.3) is 5.91 Å². The van der Waals surface area contributed by atoms with Crippen LogP contribution in [0, 0.1) is 5.92 Å². The fourth-order valence-electron chi connectivity index (χ4n) is 2.69. The molecule has 0 aromatic carbocycles. The lowest BCUT2D eigenvalue weighted by Crippen LogP contribution is -2.34. The summed E-state index contributed by atoms with van der Waals surface area (Å²) in [6.07, 6.45) is 6.27. The Hall–Kier alpha value is -2.44. The first-order valence-corrected chi connectivity index (χ1v) is 8.45. The molecule has 1 aliphatic heterocycles. The molecule has 0 unspecified atom stereocenters. The first-order valence-electron chi connectivity index (χ1n) is 8.45. The van der Waals surface area contributed by atoms with E-state index >= 15 is 0 Å². The second-order valence-electron chi connectivity index (χ2n) is 6.26. The van der Waals surface area contributed by atoms with Crippen LogP contribution in [0.4, 0.5) is 5.95 Å². The number of rotatable bonds is 5. The van der Waals surface area contributed by atoms with Gasteiger partial charge in [0.2, 0.25) is 5.95 Å². The van der Waals surface area contributed by atoms with Gasteiger partial charge in [0.05, 0.1) is 17.8 Å². The molecule has 0 saturated carbocycles. The van der Waals surface area contributed by atoms with Gasteiger partial charge in [-0.15, -0.1) is 0 Å². The summed E-state index contributed by atoms with van der Waals surface area (Å²) >= 11 is 0. The topological polar surface area (TPSA) is 84.2 Å². The number of anilines is 1. The normalized spacial score (nSPS) is 15.5. The summed E-state index contributed by atoms with van der Waals surface area (Å²) in [7, 11) is 0. The van der Waals surface area contributed by atoms with Gasteiger partial charge in [-0.1, -0.05) is 19.0 Å². The van der Waals surface area contributed by atoms with Crippen LogP contribution in [0.1, 0.15) is 48.5 Å². The molecule has 2 aromatic heterocycles. The van der Waals surface area contributed by atoms with Crippen LogP contribution in [0.3, 0.4) is 0 Å². The minimum atomic E-state index is -0.219. The van der Waals surface area contributed by atoms with E-state index in [4.69, 9.17) is 4.52 Å². The third kappa shape index (κ3) is 3.90. The van der Waals surface area contributed by atoms with Gasteiger partial charge in [-0.25, -0.2) is 9.97 Å². The molecule has 0 spiro atoms. The summed E-state index contributed by atoms with van der Waals surface area (Å²) in [5.74, 6) is 1.88. The van der Waals surface area contributed by atoms with Gasteiger partial charge in [-0.2, -0.15) is 0 Å². The number of hydrogen-bond donors (Lipinski definition) is 1. The molecule has 2 aromatic rings. The summed E-state index contributed by atoms with van der Waals surface area (Å²) in [4.78, 5) is 23.0. The molecule has 1 aliphatic rings. The largest absolute Gasteiger partial charge is 0.359 e. The molecule has 3 rings (SSSR count). The maximum absolute atomic E-state index is 12.2. The highest BCUT2D eigenvalue weighted by Crippen LogP contribution is 2.19. The number of piperidine rings is 1. The van der Waals surface area contributed by atoms with Crippen LogP contribution in [-0.4, -0.2) is 34.1 Å². The lowest BCUT2D eigenvalue weighted by Gasteiger charge is -2.30. The molecule has 1 N–H and O–H groups in total. The SMILES string of the molecule is CCc1cc(CNC(=O)c2cnc(N3CCC(C)CC3)nc2)on1. The lowest BCUT2D eigenvalue weighted by atomic mass is 10.00. The first-order chi connectivity index (χ1) is 11.7. The quantitative estimate of drug-likeness (QED) is 0.905. The van der Waals surface area contributed by atoms with E-state index in [-0.39, 0.29) is 5.91 Å². The zero-order chi connectivity index (χ0) is 16.9. The molecule has 1 fully saturated rings. The highest BCUT2D eigenvalue weighted by molar-refractivity contribution is 5.93. The minimum absolute atomic E-state index is 0.219. The number of carbonyl (C=O) groups is 1. The Bertz CT molecular complexity index is 675. The average molecular weight is 329 g/mol. The molecule has 0 bridgehead atoms. The molecule has 1 amide bonds. The first kappa shape index (κ1) is 16.4. The van der Waals surface area contributed by atoms with E-state index in [1.54, 1.807) is 12.4 Å². The third-order valence-corrected chi connectivity index (χ3v) is 4.36. The van der Waals surface area contributed by atoms with Crippen molar-refractivity contribution in [3.8, 4) is 0 Å². The Labute approximate surface area is 141 Å². The Balaban J connectivity index is 1.55. The number of nitrogens with one attached hydrogen (secondary N) is 1. The number of nitrogens with zero attached hydrogens (tertiary/aromatic N) is 4. The second-order valence-corrected chi connectivity index (χ2v) is 6.26. The Kier molecular flexibility index (Phi) is 5.08. The van der Waals surface area contributed by atoms with E-state index in [2.05, 4.69) is 32.3 Å². The molecular formula is C17H23N5O2. The van der Waals surface area contributed by atoms with Crippen LogP contribution in [0.2, 0.25) is 0 Å². The highest BCUT2D eigenvalue weighted by atomic mass is 16.5. The maximum atomic E-state index is 12.2. The van der Waals surface area contributed by atoms with Gasteiger partial charge in [-0.3, -0.25) is 4.79 Å². The molecule has 7 heteroatoms. The van der Waals surface area contributed by atoms with Gasteiger partial charge in [0, 0.05) is 31.5 Å². The highest BCUT2D eigenvalue weighted by Gasteiger charge is 2.18. The molecular weight excluding hydrogens is 306 g/mol. The second kappa shape index (κ2) is 7.42. The van der Waals surface area contributed by atoms with Crippen molar-refractivity contribution in [1.29, 1.82) is 0 Å². The number of hydrogen-bond acceptors (Lipinski definition) is 6. The van der Waals surface area contributed by atoms with Gasteiger partial charge < -0.3 is 14.7 Å². The van der Waals surface area contributed by atoms with Gasteiger partial charge >= 0.3 is 0 Å². The van der Waals surface area contributed by atoms with E-state index in [1.807, 2.05) is 13.0 Å². The molecule has 128 valence electrons. The zero-order valence-electron chi connectivity index (χ0n) is 14.2. The molecule has 0 radical (unpaired) electrons. The van der Waals surface area contributed by atoms with Crippen LogP contribution >= 0.6 is 0 Å². The van der Waals surface area contributed by atoms with Crippen LogP contribution in [0.25, 0.3) is 0 Å². The van der Waals surface area contributed by atoms with Crippen molar-refractivity contribution in [2.24, 2.45) is 5.92 Å². The molecule has 24 heavy (non-hydrogen) atoms. The van der Waals surface area contributed by atoms with Crippen LogP contribution in [-0.2, 0) is 13.0 Å². The van der Waals surface area contributed by atoms with E-state index in [9.17, 15) is 4.79 Å². The van der Waals surface area contributed by atoms with Gasteiger partial charge in [0.1, 0.15) is 0 Å². The molecule has 1 saturated heterocycles. The van der Waals surface area contributed by atoms with Crippen molar-refractivity contribution in [2.45, 2.75) is 39.7 Å². The predicted molar refractivity (Wildman–Crippen MR) is 89.7 cm³/mol. The summed E-state index contributed by atoms with van der Waals surface area (Å²) in [5.41, 5.74) is 1.32. The summed E-state index contributed by atoms with van der Waals surface area (Å²) in [6, 6.07) is 1.84. The lowest BCUT2D eigenvalue weighted by molar-refractivity contribution is 0.0946. The van der Waals surface area contributed by atoms with Gasteiger partial charge in [-0.05, 0) is 25.2 Å². The molecule has 3 heterocycles. The minimum Gasteiger partial charge on any atom is -0.359 e. The van der Waals surface area contributed by atoms with E-state index < -0.39 is 0 Å². The maximum Gasteiger partial charge on any atom is 0.254 e. The van der Waals surface area contributed by atoms with E-state index in [0.717, 1.165) is 44.0 Å². The monoisotopic (exact) mass is 329 g/mol. The Morgan fingerprint density at radius 1 is 1.33 bits per heavy atom. The number of aryl methyl sites for hydroxylation is 1. The number of amides is 1. The standard InChI is InChI=1S/C17H23N5O2/c1-3-14-8-15(24-21-14)11-18-16(23)13-9-19-17(20-10-13)22-6-4-12(2)5-7-22/h8-10,12H,3-7,11H2,1-2H3,(H,18,23). The third-order valence-electron chi connectivity index (χ3n) is 4.36. The van der Waals surface area contributed by atoms with Crippen molar-refractivity contribution < 1.29 is 9.32 Å². The van der Waals surface area contributed by atoms with Crippen molar-refractivity contribution in [2.75, 3.05) is 18.0 Å². The van der Waals surface area contributed by atoms with Crippen LogP contribution < -0.4 is 10.2 Å². The van der Waals surface area contributed by atoms with Crippen LogP contribution in [0.15, 0.2) is 23.0 Å². The van der Waals surface area contributed by atoms with Crippen molar-refractivity contribution in [1.82, 2.24) is 20.4 Å². The van der Waals surface area contributed by atoms with Crippen LogP contribution in [0.5, 0.6) is 0 Å².